The molecular formula is C21H35N3O4. The molecule has 7 heteroatoms. The minimum absolute atomic E-state index is 0.0422. The summed E-state index contributed by atoms with van der Waals surface area (Å²) < 4.78 is 66.6. The number of hydrogen-bond donors (Lipinski definition) is 0. The zero-order valence-corrected chi connectivity index (χ0v) is 17.0. The van der Waals surface area contributed by atoms with Crippen molar-refractivity contribution in [3.05, 3.63) is 24.3 Å². The largest absolute Gasteiger partial charge is 0.491 e. The van der Waals surface area contributed by atoms with Crippen LogP contribution in [0.25, 0.3) is 0 Å². The Morgan fingerprint density at radius 3 is 2.46 bits per heavy atom. The Bertz CT molecular complexity index is 837. The molecule has 2 rings (SSSR count). The predicted molar refractivity (Wildman–Crippen MR) is 111 cm³/mol. The van der Waals surface area contributed by atoms with Crippen LogP contribution in [-0.2, 0) is 9.47 Å². The number of hydrogen-bond acceptors (Lipinski definition) is 6. The summed E-state index contributed by atoms with van der Waals surface area (Å²) in [5.74, 6) is 0.0422. The SMILES string of the molecule is [2H]C([2H])([2H])OC([2H])([2H])C([2H])([2H])Oc1ccc(N2CCN(CCN(C)C(=O)OC(C)(C)C)CC2)cc1. The first-order chi connectivity index (χ1) is 15.9. The highest BCUT2D eigenvalue weighted by molar-refractivity contribution is 5.67. The van der Waals surface area contributed by atoms with Gasteiger partial charge in [0.05, 0.1) is 16.2 Å². The number of anilines is 1. The highest BCUT2D eigenvalue weighted by Crippen LogP contribution is 2.21. The van der Waals surface area contributed by atoms with Crippen molar-refractivity contribution in [2.75, 3.05) is 71.4 Å². The molecule has 0 spiro atoms. The Balaban J connectivity index is 1.85. The topological polar surface area (TPSA) is 54.5 Å². The summed E-state index contributed by atoms with van der Waals surface area (Å²) in [6, 6.07) is 6.47. The number of methoxy groups -OCH3 is 1. The first-order valence-electron chi connectivity index (χ1n) is 12.8. The van der Waals surface area contributed by atoms with Crippen LogP contribution < -0.4 is 9.64 Å². The molecule has 28 heavy (non-hydrogen) atoms. The normalized spacial score (nSPS) is 20.6. The summed E-state index contributed by atoms with van der Waals surface area (Å²) in [5, 5.41) is 0. The fraction of sp³-hybridized carbons (Fsp3) is 0.667. The predicted octanol–water partition coefficient (Wildman–Crippen LogP) is 2.70. The molecule has 0 aliphatic carbocycles. The molecule has 1 saturated heterocycles. The van der Waals surface area contributed by atoms with Crippen molar-refractivity contribution in [3.63, 3.8) is 0 Å². The molecule has 0 atom stereocenters. The van der Waals surface area contributed by atoms with Crippen LogP contribution in [0.3, 0.4) is 0 Å². The highest BCUT2D eigenvalue weighted by Gasteiger charge is 2.21. The van der Waals surface area contributed by atoms with Crippen LogP contribution in [0, 0.1) is 0 Å². The highest BCUT2D eigenvalue weighted by atomic mass is 16.6. The third-order valence-corrected chi connectivity index (χ3v) is 4.29. The van der Waals surface area contributed by atoms with Crippen LogP contribution >= 0.6 is 0 Å². The molecule has 0 radical (unpaired) electrons. The summed E-state index contributed by atoms with van der Waals surface area (Å²) in [6.07, 6.45) is -0.346. The van der Waals surface area contributed by atoms with E-state index < -0.39 is 25.8 Å². The van der Waals surface area contributed by atoms with E-state index in [1.807, 2.05) is 20.8 Å². The third-order valence-electron chi connectivity index (χ3n) is 4.29. The summed E-state index contributed by atoms with van der Waals surface area (Å²) >= 11 is 0. The lowest BCUT2D eigenvalue weighted by Gasteiger charge is -2.36. The standard InChI is InChI=1S/C21H35N3O4/c1-21(2,3)28-20(25)22(4)10-11-23-12-14-24(15-13-23)18-6-8-19(9-7-18)27-17-16-26-5/h6-9H,10-17H2,1-5H3/i5D3,16D2,17D2. The number of amides is 1. The van der Waals surface area contributed by atoms with E-state index in [0.29, 0.717) is 6.54 Å². The van der Waals surface area contributed by atoms with E-state index in [0.717, 1.165) is 38.4 Å². The van der Waals surface area contributed by atoms with Gasteiger partial charge >= 0.3 is 6.09 Å². The van der Waals surface area contributed by atoms with E-state index in [2.05, 4.69) is 14.5 Å². The Labute approximate surface area is 179 Å². The summed E-state index contributed by atoms with van der Waals surface area (Å²) in [5.41, 5.74) is 0.363. The van der Waals surface area contributed by atoms with E-state index in [4.69, 9.17) is 19.1 Å². The summed E-state index contributed by atoms with van der Waals surface area (Å²) in [4.78, 5) is 18.1. The second-order valence-electron chi connectivity index (χ2n) is 7.63. The Morgan fingerprint density at radius 2 is 1.86 bits per heavy atom. The molecule has 0 bridgehead atoms. The average molecular weight is 401 g/mol. The maximum absolute atomic E-state index is 12.1. The van der Waals surface area contributed by atoms with Crippen molar-refractivity contribution in [1.29, 1.82) is 0 Å². The van der Waals surface area contributed by atoms with Gasteiger partial charge in [0.25, 0.3) is 0 Å². The number of likely N-dealkylation sites (N-methyl/N-ethyl adjacent to an activating group) is 1. The minimum atomic E-state index is -3.19. The van der Waals surface area contributed by atoms with Crippen LogP contribution in [0.4, 0.5) is 10.5 Å². The lowest BCUT2D eigenvalue weighted by Crippen LogP contribution is -2.49. The van der Waals surface area contributed by atoms with E-state index in [9.17, 15) is 4.79 Å². The molecule has 1 aliphatic rings. The zero-order valence-electron chi connectivity index (χ0n) is 24.0. The summed E-state index contributed by atoms with van der Waals surface area (Å²) in [6.45, 7) is 3.68. The molecular weight excluding hydrogens is 358 g/mol. The van der Waals surface area contributed by atoms with Crippen molar-refractivity contribution in [2.45, 2.75) is 26.4 Å². The fourth-order valence-electron chi connectivity index (χ4n) is 2.78. The van der Waals surface area contributed by atoms with Gasteiger partial charge in [0.2, 0.25) is 0 Å². The van der Waals surface area contributed by atoms with Crippen LogP contribution in [0.2, 0.25) is 0 Å². The molecule has 7 nitrogen and oxygen atoms in total. The van der Waals surface area contributed by atoms with Crippen LogP contribution in [0.5, 0.6) is 5.75 Å². The van der Waals surface area contributed by atoms with Crippen LogP contribution in [0.15, 0.2) is 24.3 Å². The monoisotopic (exact) mass is 400 g/mol. The lowest BCUT2D eigenvalue weighted by molar-refractivity contribution is 0.0282. The van der Waals surface area contributed by atoms with E-state index in [-0.39, 0.29) is 11.8 Å². The number of benzene rings is 1. The number of nitrogens with zero attached hydrogens (tertiary/aromatic N) is 3. The van der Waals surface area contributed by atoms with Gasteiger partial charge in [-0.05, 0) is 45.0 Å². The van der Waals surface area contributed by atoms with E-state index in [1.165, 1.54) is 12.1 Å². The Kier molecular flexibility index (Phi) is 5.29. The van der Waals surface area contributed by atoms with Gasteiger partial charge in [0.15, 0.2) is 0 Å². The smallest absolute Gasteiger partial charge is 0.410 e. The van der Waals surface area contributed by atoms with Gasteiger partial charge in [-0.3, -0.25) is 4.90 Å². The van der Waals surface area contributed by atoms with Crippen molar-refractivity contribution in [2.24, 2.45) is 0 Å². The second kappa shape index (κ2) is 10.5. The van der Waals surface area contributed by atoms with Gasteiger partial charge in [0.1, 0.15) is 17.9 Å². The molecule has 1 amide bonds. The average Bonchev–Trinajstić information content (AvgIpc) is 2.69. The second-order valence-corrected chi connectivity index (χ2v) is 7.63. The fourth-order valence-corrected chi connectivity index (χ4v) is 2.78. The number of ether oxygens (including phenoxy) is 3. The molecule has 158 valence electrons. The van der Waals surface area contributed by atoms with E-state index >= 15 is 0 Å². The van der Waals surface area contributed by atoms with Crippen molar-refractivity contribution >= 4 is 11.8 Å². The molecule has 0 aromatic heterocycles. The number of carbonyl (C=O) groups is 1. The lowest BCUT2D eigenvalue weighted by atomic mass is 10.2. The Morgan fingerprint density at radius 1 is 1.18 bits per heavy atom. The molecule has 1 aromatic rings. The first-order valence-corrected chi connectivity index (χ1v) is 9.29. The van der Waals surface area contributed by atoms with Gasteiger partial charge in [-0.1, -0.05) is 0 Å². The number of piperazine rings is 1. The Hall–Kier alpha value is -1.99. The minimum Gasteiger partial charge on any atom is -0.491 e. The van der Waals surface area contributed by atoms with Gasteiger partial charge < -0.3 is 24.0 Å². The maximum Gasteiger partial charge on any atom is 0.410 e. The molecule has 1 aliphatic heterocycles. The van der Waals surface area contributed by atoms with Crippen LogP contribution in [-0.4, -0.2) is 88.0 Å². The molecule has 0 saturated carbocycles. The van der Waals surface area contributed by atoms with Gasteiger partial charge in [-0.2, -0.15) is 0 Å². The van der Waals surface area contributed by atoms with Gasteiger partial charge in [-0.15, -0.1) is 0 Å². The molecule has 1 aromatic carbocycles. The molecule has 1 heterocycles. The van der Waals surface area contributed by atoms with Crippen molar-refractivity contribution in [1.82, 2.24) is 9.80 Å². The number of carbonyl (C=O) groups excluding carboxylic acids is 1. The maximum atomic E-state index is 12.1. The van der Waals surface area contributed by atoms with Crippen LogP contribution in [0.1, 0.15) is 30.4 Å². The third kappa shape index (κ3) is 7.56. The molecule has 1 fully saturated rings. The van der Waals surface area contributed by atoms with Crippen molar-refractivity contribution in [3.8, 4) is 5.75 Å². The van der Waals surface area contributed by atoms with Gasteiger partial charge in [0, 0.05) is 59.0 Å². The van der Waals surface area contributed by atoms with Gasteiger partial charge in [-0.25, -0.2) is 4.79 Å². The number of rotatable bonds is 8. The van der Waals surface area contributed by atoms with E-state index in [1.54, 1.807) is 24.1 Å². The first kappa shape index (κ1) is 14.1. The molecule has 0 unspecified atom stereocenters. The zero-order chi connectivity index (χ0) is 26.7. The molecule has 0 N–H and O–H groups in total. The quantitative estimate of drug-likeness (QED) is 0.669. The van der Waals surface area contributed by atoms with Crippen molar-refractivity contribution < 1.29 is 28.6 Å². The summed E-state index contributed by atoms with van der Waals surface area (Å²) in [7, 11) is -1.39.